The molecule has 5 nitrogen and oxygen atoms in total. The highest BCUT2D eigenvalue weighted by Gasteiger charge is 2.20. The summed E-state index contributed by atoms with van der Waals surface area (Å²) >= 11 is 0. The first-order valence-electron chi connectivity index (χ1n) is 7.79. The Labute approximate surface area is 132 Å². The molecule has 2 heterocycles. The third-order valence-electron chi connectivity index (χ3n) is 3.84. The van der Waals surface area contributed by atoms with Crippen molar-refractivity contribution in [3.63, 3.8) is 0 Å². The van der Waals surface area contributed by atoms with Crippen molar-refractivity contribution in [2.75, 3.05) is 19.6 Å². The number of hydrogen-bond acceptors (Lipinski definition) is 5. The molecule has 2 rings (SSSR count). The highest BCUT2D eigenvalue weighted by Crippen LogP contribution is 2.21. The first-order valence-corrected chi connectivity index (χ1v) is 7.79. The largest absolute Gasteiger partial charge is 0.506 e. The summed E-state index contributed by atoms with van der Waals surface area (Å²) in [5.74, 6) is 1.19. The zero-order valence-electron chi connectivity index (χ0n) is 13.5. The minimum atomic E-state index is 0.178. The maximum absolute atomic E-state index is 9.85. The van der Waals surface area contributed by atoms with Crippen molar-refractivity contribution in [2.45, 2.75) is 33.4 Å². The number of rotatable bonds is 8. The van der Waals surface area contributed by atoms with Crippen LogP contribution < -0.4 is 5.32 Å². The van der Waals surface area contributed by atoms with Gasteiger partial charge in [-0.1, -0.05) is 13.8 Å². The van der Waals surface area contributed by atoms with Crippen molar-refractivity contribution in [3.8, 4) is 5.75 Å². The Hall–Kier alpha value is -1.85. The van der Waals surface area contributed by atoms with Gasteiger partial charge in [-0.25, -0.2) is 0 Å². The van der Waals surface area contributed by atoms with E-state index >= 15 is 0 Å². The second-order valence-electron chi connectivity index (χ2n) is 5.30. The summed E-state index contributed by atoms with van der Waals surface area (Å²) in [4.78, 5) is 6.71. The number of nitrogens with zero attached hydrogens (tertiary/aromatic N) is 2. The van der Waals surface area contributed by atoms with E-state index in [4.69, 9.17) is 4.42 Å². The van der Waals surface area contributed by atoms with E-state index in [9.17, 15) is 5.11 Å². The van der Waals surface area contributed by atoms with Crippen molar-refractivity contribution in [1.82, 2.24) is 15.2 Å². The second-order valence-corrected chi connectivity index (χ2v) is 5.30. The summed E-state index contributed by atoms with van der Waals surface area (Å²) in [7, 11) is 0. The Morgan fingerprint density at radius 2 is 2.05 bits per heavy atom. The van der Waals surface area contributed by atoms with Gasteiger partial charge in [-0.3, -0.25) is 9.88 Å². The van der Waals surface area contributed by atoms with Crippen LogP contribution in [0.5, 0.6) is 5.75 Å². The van der Waals surface area contributed by atoms with Gasteiger partial charge < -0.3 is 14.8 Å². The van der Waals surface area contributed by atoms with Gasteiger partial charge in [-0.05, 0) is 44.3 Å². The topological polar surface area (TPSA) is 61.5 Å². The zero-order chi connectivity index (χ0) is 15.9. The molecule has 0 spiro atoms. The third-order valence-corrected chi connectivity index (χ3v) is 3.84. The average molecular weight is 303 g/mol. The molecule has 2 N–H and O–H groups in total. The molecule has 22 heavy (non-hydrogen) atoms. The van der Waals surface area contributed by atoms with Crippen molar-refractivity contribution in [2.24, 2.45) is 0 Å². The molecule has 1 unspecified atom stereocenters. The van der Waals surface area contributed by atoms with E-state index in [1.807, 2.05) is 19.1 Å². The number of nitrogens with one attached hydrogen (secondary N) is 1. The zero-order valence-corrected chi connectivity index (χ0v) is 13.5. The molecule has 2 aromatic rings. The molecule has 0 aromatic carbocycles. The van der Waals surface area contributed by atoms with Crippen molar-refractivity contribution < 1.29 is 9.52 Å². The third kappa shape index (κ3) is 4.08. The van der Waals surface area contributed by atoms with Gasteiger partial charge in [-0.15, -0.1) is 0 Å². The quantitative estimate of drug-likeness (QED) is 0.785. The summed E-state index contributed by atoms with van der Waals surface area (Å²) < 4.78 is 5.58. The first-order chi connectivity index (χ1) is 10.7. The molecular formula is C17H25N3O2. The molecule has 1 atom stereocenters. The summed E-state index contributed by atoms with van der Waals surface area (Å²) in [6, 6.07) is 7.60. The van der Waals surface area contributed by atoms with Gasteiger partial charge in [0.1, 0.15) is 11.5 Å². The molecule has 0 aliphatic heterocycles. The normalized spacial score (nSPS) is 12.7. The summed E-state index contributed by atoms with van der Waals surface area (Å²) in [5.41, 5.74) is 1.58. The van der Waals surface area contributed by atoms with Crippen LogP contribution in [-0.4, -0.2) is 34.6 Å². The lowest BCUT2D eigenvalue weighted by atomic mass is 10.1. The van der Waals surface area contributed by atoms with Crippen LogP contribution >= 0.6 is 0 Å². The summed E-state index contributed by atoms with van der Waals surface area (Å²) in [6.07, 6.45) is 1.71. The van der Waals surface area contributed by atoms with Crippen LogP contribution in [0.1, 0.15) is 37.0 Å². The molecular weight excluding hydrogens is 278 g/mol. The predicted molar refractivity (Wildman–Crippen MR) is 86.7 cm³/mol. The van der Waals surface area contributed by atoms with Crippen LogP contribution in [0.25, 0.3) is 0 Å². The maximum atomic E-state index is 9.85. The molecule has 0 fully saturated rings. The molecule has 0 saturated carbocycles. The van der Waals surface area contributed by atoms with Crippen LogP contribution in [0, 0.1) is 6.92 Å². The predicted octanol–water partition coefficient (Wildman–Crippen LogP) is 2.86. The molecule has 0 aliphatic rings. The highest BCUT2D eigenvalue weighted by atomic mass is 16.3. The number of aryl methyl sites for hydroxylation is 1. The highest BCUT2D eigenvalue weighted by molar-refractivity contribution is 5.27. The molecule has 0 amide bonds. The van der Waals surface area contributed by atoms with Crippen LogP contribution in [0.15, 0.2) is 34.9 Å². The Morgan fingerprint density at radius 1 is 1.27 bits per heavy atom. The van der Waals surface area contributed by atoms with Gasteiger partial charge in [0.2, 0.25) is 0 Å². The fourth-order valence-corrected chi connectivity index (χ4v) is 2.62. The van der Waals surface area contributed by atoms with Crippen LogP contribution in [0.4, 0.5) is 0 Å². The standard InChI is InChI=1S/C17H25N3O2/c1-4-20(5-2)15(17-7-6-10-22-17)12-18-11-14-16(21)9-8-13(3)19-14/h6-10,15,18,21H,4-5,11-12H2,1-3H3. The minimum absolute atomic E-state index is 0.178. The molecule has 5 heteroatoms. The Balaban J connectivity index is 2.01. The molecule has 0 saturated heterocycles. The van der Waals surface area contributed by atoms with E-state index < -0.39 is 0 Å². The number of pyridine rings is 1. The number of likely N-dealkylation sites (N-methyl/N-ethyl adjacent to an activating group) is 1. The smallest absolute Gasteiger partial charge is 0.138 e. The molecule has 2 aromatic heterocycles. The van der Waals surface area contributed by atoms with Gasteiger partial charge in [-0.2, -0.15) is 0 Å². The van der Waals surface area contributed by atoms with E-state index in [0.29, 0.717) is 12.2 Å². The molecule has 120 valence electrons. The van der Waals surface area contributed by atoms with Gasteiger partial charge in [0, 0.05) is 18.8 Å². The number of furan rings is 1. The monoisotopic (exact) mass is 303 g/mol. The minimum Gasteiger partial charge on any atom is -0.506 e. The van der Waals surface area contributed by atoms with E-state index in [1.54, 1.807) is 18.4 Å². The van der Waals surface area contributed by atoms with E-state index in [2.05, 4.69) is 29.0 Å². The number of aromatic hydroxyl groups is 1. The maximum Gasteiger partial charge on any atom is 0.138 e. The Kier molecular flexibility index (Phi) is 5.98. The first kappa shape index (κ1) is 16.5. The average Bonchev–Trinajstić information content (AvgIpc) is 3.04. The Bertz CT molecular complexity index is 565. The van der Waals surface area contributed by atoms with Gasteiger partial charge >= 0.3 is 0 Å². The number of hydrogen-bond donors (Lipinski definition) is 2. The van der Waals surface area contributed by atoms with E-state index in [1.165, 1.54) is 0 Å². The van der Waals surface area contributed by atoms with Crippen LogP contribution in [-0.2, 0) is 6.54 Å². The lowest BCUT2D eigenvalue weighted by Gasteiger charge is -2.28. The fraction of sp³-hybridized carbons (Fsp3) is 0.471. The van der Waals surface area contributed by atoms with E-state index in [0.717, 1.165) is 31.1 Å². The van der Waals surface area contributed by atoms with Crippen molar-refractivity contribution in [3.05, 3.63) is 47.7 Å². The van der Waals surface area contributed by atoms with Crippen molar-refractivity contribution in [1.29, 1.82) is 0 Å². The lowest BCUT2D eigenvalue weighted by molar-refractivity contribution is 0.187. The molecule has 0 aliphatic carbocycles. The summed E-state index contributed by atoms with van der Waals surface area (Å²) in [5, 5.41) is 13.2. The van der Waals surface area contributed by atoms with Gasteiger partial charge in [0.25, 0.3) is 0 Å². The van der Waals surface area contributed by atoms with Crippen molar-refractivity contribution >= 4 is 0 Å². The van der Waals surface area contributed by atoms with Crippen LogP contribution in [0.3, 0.4) is 0 Å². The fourth-order valence-electron chi connectivity index (χ4n) is 2.62. The SMILES string of the molecule is CCN(CC)C(CNCc1nc(C)ccc1O)c1ccco1. The second kappa shape index (κ2) is 7.96. The van der Waals surface area contributed by atoms with E-state index in [-0.39, 0.29) is 11.8 Å². The molecule has 0 bridgehead atoms. The lowest BCUT2D eigenvalue weighted by Crippen LogP contribution is -2.35. The number of aromatic nitrogens is 1. The Morgan fingerprint density at radius 3 is 2.68 bits per heavy atom. The van der Waals surface area contributed by atoms with Gasteiger partial charge in [0.05, 0.1) is 18.0 Å². The van der Waals surface area contributed by atoms with Crippen LogP contribution in [0.2, 0.25) is 0 Å². The summed E-state index contributed by atoms with van der Waals surface area (Å²) in [6.45, 7) is 9.40. The molecule has 0 radical (unpaired) electrons. The van der Waals surface area contributed by atoms with Gasteiger partial charge in [0.15, 0.2) is 0 Å².